The lowest BCUT2D eigenvalue weighted by molar-refractivity contribution is -0.110. The molecule has 0 radical (unpaired) electrons. The highest BCUT2D eigenvalue weighted by Crippen LogP contribution is 2.42. The Kier molecular flexibility index (Phi) is 5.67. The van der Waals surface area contributed by atoms with Crippen LogP contribution in [0, 0.1) is 17.8 Å². The van der Waals surface area contributed by atoms with Gasteiger partial charge in [0.05, 0.1) is 5.69 Å². The molecule has 3 heteroatoms. The van der Waals surface area contributed by atoms with Gasteiger partial charge in [0.2, 0.25) is 0 Å². The average Bonchev–Trinajstić information content (AvgIpc) is 3.39. The van der Waals surface area contributed by atoms with E-state index in [0.29, 0.717) is 5.92 Å². The molecule has 26 heavy (non-hydrogen) atoms. The third kappa shape index (κ3) is 3.93. The fourth-order valence-electron chi connectivity index (χ4n) is 3.91. The fraction of sp³-hybridized carbons (Fsp3) is 0.522. The third-order valence-electron chi connectivity index (χ3n) is 5.60. The number of benzene rings is 1. The minimum Gasteiger partial charge on any atom is -0.311 e. The van der Waals surface area contributed by atoms with Crippen LogP contribution < -0.4 is 10.4 Å². The van der Waals surface area contributed by atoms with Crippen molar-refractivity contribution >= 4 is 24.1 Å². The topological polar surface area (TPSA) is 32.3 Å². The van der Waals surface area contributed by atoms with E-state index in [4.69, 9.17) is 0 Å². The van der Waals surface area contributed by atoms with E-state index in [1.165, 1.54) is 46.4 Å². The first kappa shape index (κ1) is 18.9. The molecule has 0 bridgehead atoms. The van der Waals surface area contributed by atoms with Crippen LogP contribution in [0.5, 0.6) is 0 Å². The van der Waals surface area contributed by atoms with Crippen LogP contribution in [-0.4, -0.2) is 19.9 Å². The Labute approximate surface area is 158 Å². The predicted octanol–water partition coefficient (Wildman–Crippen LogP) is 4.65. The Balaban J connectivity index is 2.09. The van der Waals surface area contributed by atoms with Gasteiger partial charge in [-0.15, -0.1) is 0 Å². The molecule has 1 unspecified atom stereocenters. The van der Waals surface area contributed by atoms with Crippen LogP contribution in [0.25, 0.3) is 12.2 Å². The van der Waals surface area contributed by atoms with Crippen molar-refractivity contribution in [2.24, 2.45) is 17.8 Å². The molecule has 0 amide bonds. The predicted molar refractivity (Wildman–Crippen MR) is 111 cm³/mol. The van der Waals surface area contributed by atoms with Crippen molar-refractivity contribution in [3.05, 3.63) is 40.5 Å². The standard InChI is InChI=1S/C23H32N2O/c1-6-18-12-20-10-17(14-26)11-22(20)23(25(5)24-13-15(2)3)21(18)9-16(4)19-7-8-19/h6,9,12,14-15,17,19,24H,1,7-8,10-11,13H2,2-5H3/b16-9+. The first-order chi connectivity index (χ1) is 12.4. The molecule has 1 fully saturated rings. The molecule has 0 heterocycles. The van der Waals surface area contributed by atoms with Crippen LogP contribution in [0.4, 0.5) is 5.69 Å². The molecular formula is C23H32N2O. The number of carbonyl (C=O) groups excluding carboxylic acids is 1. The highest BCUT2D eigenvalue weighted by atomic mass is 16.1. The Morgan fingerprint density at radius 1 is 1.38 bits per heavy atom. The minimum atomic E-state index is 0.101. The molecule has 2 aliphatic rings. The van der Waals surface area contributed by atoms with Crippen LogP contribution in [0.3, 0.4) is 0 Å². The first-order valence-corrected chi connectivity index (χ1v) is 9.86. The second-order valence-electron chi connectivity index (χ2n) is 8.35. The van der Waals surface area contributed by atoms with Crippen molar-refractivity contribution in [3.8, 4) is 0 Å². The van der Waals surface area contributed by atoms with Gasteiger partial charge in [0.1, 0.15) is 6.29 Å². The number of carbonyl (C=O) groups is 1. The smallest absolute Gasteiger partial charge is 0.123 e. The largest absolute Gasteiger partial charge is 0.311 e. The van der Waals surface area contributed by atoms with Crippen molar-refractivity contribution in [2.45, 2.75) is 46.5 Å². The van der Waals surface area contributed by atoms with E-state index in [0.717, 1.165) is 31.6 Å². The highest BCUT2D eigenvalue weighted by Gasteiger charge is 2.29. The normalized spacial score (nSPS) is 19.6. The van der Waals surface area contributed by atoms with Gasteiger partial charge in [-0.2, -0.15) is 0 Å². The molecular weight excluding hydrogens is 320 g/mol. The van der Waals surface area contributed by atoms with E-state index < -0.39 is 0 Å². The zero-order valence-corrected chi connectivity index (χ0v) is 16.6. The Hall–Kier alpha value is -1.87. The Morgan fingerprint density at radius 2 is 2.12 bits per heavy atom. The van der Waals surface area contributed by atoms with Gasteiger partial charge in [-0.1, -0.05) is 44.2 Å². The van der Waals surface area contributed by atoms with Crippen molar-refractivity contribution in [1.29, 1.82) is 0 Å². The zero-order chi connectivity index (χ0) is 18.8. The average molecular weight is 353 g/mol. The molecule has 2 aliphatic carbocycles. The number of rotatable bonds is 8. The number of fused-ring (bicyclic) bond motifs is 1. The summed E-state index contributed by atoms with van der Waals surface area (Å²) >= 11 is 0. The SMILES string of the molecule is C=Cc1cc2c(c(N(C)NCC(C)C)c1/C=C(\C)C1CC1)CC(C=O)C2. The second kappa shape index (κ2) is 7.79. The van der Waals surface area contributed by atoms with E-state index >= 15 is 0 Å². The minimum absolute atomic E-state index is 0.101. The summed E-state index contributed by atoms with van der Waals surface area (Å²) in [5.41, 5.74) is 11.3. The van der Waals surface area contributed by atoms with Gasteiger partial charge in [0.15, 0.2) is 0 Å². The lowest BCUT2D eigenvalue weighted by Crippen LogP contribution is -2.38. The number of hydrogen-bond acceptors (Lipinski definition) is 3. The van der Waals surface area contributed by atoms with Gasteiger partial charge in [0.25, 0.3) is 0 Å². The maximum atomic E-state index is 11.4. The number of aldehydes is 1. The summed E-state index contributed by atoms with van der Waals surface area (Å²) in [6, 6.07) is 2.25. The quantitative estimate of drug-likeness (QED) is 0.546. The lowest BCUT2D eigenvalue weighted by Gasteiger charge is -2.28. The van der Waals surface area contributed by atoms with Gasteiger partial charge in [-0.05, 0) is 61.1 Å². The Bertz CT molecular complexity index is 728. The van der Waals surface area contributed by atoms with Crippen molar-refractivity contribution in [3.63, 3.8) is 0 Å². The van der Waals surface area contributed by atoms with Crippen LogP contribution in [-0.2, 0) is 17.6 Å². The summed E-state index contributed by atoms with van der Waals surface area (Å²) in [6.07, 6.45) is 9.72. The molecule has 0 spiro atoms. The molecule has 3 rings (SSSR count). The number of allylic oxidation sites excluding steroid dienone is 1. The summed E-state index contributed by atoms with van der Waals surface area (Å²) in [5.74, 6) is 1.41. The summed E-state index contributed by atoms with van der Waals surface area (Å²) in [7, 11) is 2.10. The van der Waals surface area contributed by atoms with E-state index in [1.54, 1.807) is 0 Å². The first-order valence-electron chi connectivity index (χ1n) is 9.86. The highest BCUT2D eigenvalue weighted by molar-refractivity contribution is 5.82. The molecule has 1 aromatic carbocycles. The number of hydrogen-bond donors (Lipinski definition) is 1. The van der Waals surface area contributed by atoms with Crippen molar-refractivity contribution in [1.82, 2.24) is 5.43 Å². The van der Waals surface area contributed by atoms with Crippen LogP contribution in [0.1, 0.15) is 55.9 Å². The lowest BCUT2D eigenvalue weighted by atomic mass is 9.94. The fourth-order valence-corrected chi connectivity index (χ4v) is 3.91. The van der Waals surface area contributed by atoms with Gasteiger partial charge in [-0.3, -0.25) is 0 Å². The van der Waals surface area contributed by atoms with Crippen LogP contribution in [0.2, 0.25) is 0 Å². The molecule has 1 atom stereocenters. The van der Waals surface area contributed by atoms with E-state index in [1.807, 2.05) is 6.08 Å². The van der Waals surface area contributed by atoms with E-state index in [-0.39, 0.29) is 5.92 Å². The Morgan fingerprint density at radius 3 is 2.69 bits per heavy atom. The zero-order valence-electron chi connectivity index (χ0n) is 16.6. The molecule has 1 N–H and O–H groups in total. The number of anilines is 1. The van der Waals surface area contributed by atoms with Crippen molar-refractivity contribution < 1.29 is 4.79 Å². The van der Waals surface area contributed by atoms with Gasteiger partial charge in [-0.25, -0.2) is 5.43 Å². The van der Waals surface area contributed by atoms with E-state index in [9.17, 15) is 4.79 Å². The number of nitrogens with zero attached hydrogens (tertiary/aromatic N) is 1. The van der Waals surface area contributed by atoms with Crippen molar-refractivity contribution in [2.75, 3.05) is 18.6 Å². The molecule has 0 saturated heterocycles. The molecule has 1 aromatic rings. The molecule has 3 nitrogen and oxygen atoms in total. The number of hydrazine groups is 1. The maximum Gasteiger partial charge on any atom is 0.123 e. The maximum absolute atomic E-state index is 11.4. The monoisotopic (exact) mass is 352 g/mol. The summed E-state index contributed by atoms with van der Waals surface area (Å²) < 4.78 is 0. The summed E-state index contributed by atoms with van der Waals surface area (Å²) in [5, 5.41) is 2.17. The number of nitrogens with one attached hydrogen (secondary N) is 1. The molecule has 1 saturated carbocycles. The third-order valence-corrected chi connectivity index (χ3v) is 5.60. The van der Waals surface area contributed by atoms with E-state index in [2.05, 4.69) is 57.0 Å². The van der Waals surface area contributed by atoms with Gasteiger partial charge >= 0.3 is 0 Å². The van der Waals surface area contributed by atoms with Gasteiger partial charge < -0.3 is 9.80 Å². The second-order valence-corrected chi connectivity index (χ2v) is 8.35. The van der Waals surface area contributed by atoms with Crippen LogP contribution >= 0.6 is 0 Å². The molecule has 0 aromatic heterocycles. The molecule has 0 aliphatic heterocycles. The van der Waals surface area contributed by atoms with Crippen LogP contribution in [0.15, 0.2) is 18.2 Å². The summed E-state index contributed by atoms with van der Waals surface area (Å²) in [4.78, 5) is 11.4. The molecule has 140 valence electrons. The summed E-state index contributed by atoms with van der Waals surface area (Å²) in [6.45, 7) is 11.7. The van der Waals surface area contributed by atoms with Gasteiger partial charge in [0, 0.05) is 25.1 Å².